The minimum absolute atomic E-state index is 0.155. The summed E-state index contributed by atoms with van der Waals surface area (Å²) in [4.78, 5) is 17.8. The molecule has 0 saturated carbocycles. The Morgan fingerprint density at radius 3 is 2.73 bits per heavy atom. The van der Waals surface area contributed by atoms with Crippen molar-refractivity contribution in [1.29, 1.82) is 5.26 Å². The van der Waals surface area contributed by atoms with Crippen LogP contribution in [0.5, 0.6) is 0 Å². The molecule has 0 atom stereocenters. The predicted octanol–water partition coefficient (Wildman–Crippen LogP) is 2.52. The van der Waals surface area contributed by atoms with Crippen molar-refractivity contribution >= 4 is 17.4 Å². The molecule has 0 fully saturated rings. The third-order valence-electron chi connectivity index (χ3n) is 3.75. The van der Waals surface area contributed by atoms with Crippen molar-refractivity contribution in [3.63, 3.8) is 0 Å². The number of thioether (sulfide) groups is 1. The monoisotopic (exact) mass is 310 g/mol. The van der Waals surface area contributed by atoms with E-state index in [9.17, 15) is 10.1 Å². The Kier molecular flexibility index (Phi) is 3.73. The van der Waals surface area contributed by atoms with Crippen LogP contribution in [0.2, 0.25) is 0 Å². The second-order valence-corrected chi connectivity index (χ2v) is 5.85. The van der Waals surface area contributed by atoms with E-state index >= 15 is 0 Å². The number of aromatic amines is 1. The van der Waals surface area contributed by atoms with Gasteiger partial charge in [-0.2, -0.15) is 9.78 Å². The van der Waals surface area contributed by atoms with Gasteiger partial charge in [-0.25, -0.2) is 4.98 Å². The first-order valence-electron chi connectivity index (χ1n) is 6.76. The number of rotatable bonds is 3. The molecular weight excluding hydrogens is 296 g/mol. The number of hydrogen-bond acceptors (Lipinski definition) is 4. The molecule has 1 aromatic carbocycles. The van der Waals surface area contributed by atoms with Gasteiger partial charge in [0.05, 0.1) is 0 Å². The number of nitrogens with zero attached hydrogens (tertiary/aromatic N) is 3. The maximum Gasteiger partial charge on any atom is 0.275 e. The number of fused-ring (bicyclic) bond motifs is 1. The largest absolute Gasteiger partial charge is 0.279 e. The van der Waals surface area contributed by atoms with E-state index in [1.165, 1.54) is 15.7 Å². The molecule has 1 N–H and O–H groups in total. The second kappa shape index (κ2) is 5.70. The van der Waals surface area contributed by atoms with Gasteiger partial charge >= 0.3 is 0 Å². The molecule has 3 aromatic rings. The lowest BCUT2D eigenvalue weighted by molar-refractivity contribution is 0.886. The van der Waals surface area contributed by atoms with E-state index in [1.807, 2.05) is 30.5 Å². The Hall–Kier alpha value is -2.52. The minimum Gasteiger partial charge on any atom is -0.279 e. The van der Waals surface area contributed by atoms with Gasteiger partial charge < -0.3 is 0 Å². The smallest absolute Gasteiger partial charge is 0.275 e. The molecule has 0 radical (unpaired) electrons. The molecule has 2 heterocycles. The summed E-state index contributed by atoms with van der Waals surface area (Å²) in [6, 6.07) is 10.2. The van der Waals surface area contributed by atoms with Crippen molar-refractivity contribution in [3.8, 4) is 6.07 Å². The number of aromatic nitrogens is 3. The van der Waals surface area contributed by atoms with Crippen LogP contribution in [0.4, 0.5) is 0 Å². The molecule has 0 aliphatic rings. The fraction of sp³-hybridized carbons (Fsp3) is 0.188. The van der Waals surface area contributed by atoms with E-state index in [0.717, 1.165) is 5.56 Å². The van der Waals surface area contributed by atoms with Gasteiger partial charge in [-0.05, 0) is 36.4 Å². The zero-order chi connectivity index (χ0) is 15.7. The SMILES string of the molecule is CSc1ccc(Cc2c(C)c(C#N)c3nc[nH]n3c2=O)cc1. The number of nitrogens with one attached hydrogen (secondary N) is 1. The molecule has 0 unspecified atom stereocenters. The summed E-state index contributed by atoms with van der Waals surface area (Å²) in [6.45, 7) is 1.81. The Labute approximate surface area is 131 Å². The van der Waals surface area contributed by atoms with Gasteiger partial charge in [-0.1, -0.05) is 12.1 Å². The topological polar surface area (TPSA) is 73.9 Å². The summed E-state index contributed by atoms with van der Waals surface area (Å²) < 4.78 is 1.33. The molecule has 0 aliphatic carbocycles. The van der Waals surface area contributed by atoms with Crippen LogP contribution in [0, 0.1) is 18.3 Å². The molecule has 0 aliphatic heterocycles. The lowest BCUT2D eigenvalue weighted by atomic mass is 9.99. The van der Waals surface area contributed by atoms with Crippen LogP contribution in [-0.4, -0.2) is 20.9 Å². The van der Waals surface area contributed by atoms with Gasteiger partial charge in [-0.3, -0.25) is 9.89 Å². The summed E-state index contributed by atoms with van der Waals surface area (Å²) in [5, 5.41) is 12.1. The quantitative estimate of drug-likeness (QED) is 0.754. The van der Waals surface area contributed by atoms with Gasteiger partial charge in [0, 0.05) is 16.9 Å². The first kappa shape index (κ1) is 14.4. The van der Waals surface area contributed by atoms with Crippen molar-refractivity contribution < 1.29 is 0 Å². The molecule has 22 heavy (non-hydrogen) atoms. The fourth-order valence-corrected chi connectivity index (χ4v) is 2.91. The van der Waals surface area contributed by atoms with E-state index in [0.29, 0.717) is 28.8 Å². The zero-order valence-corrected chi connectivity index (χ0v) is 13.1. The van der Waals surface area contributed by atoms with Crippen molar-refractivity contribution in [2.75, 3.05) is 6.26 Å². The summed E-state index contributed by atoms with van der Waals surface area (Å²) in [5.74, 6) is 0. The van der Waals surface area contributed by atoms with Crippen molar-refractivity contribution in [2.45, 2.75) is 18.2 Å². The summed E-state index contributed by atoms with van der Waals surface area (Å²) in [5.41, 5.74) is 3.03. The number of hydrogen-bond donors (Lipinski definition) is 1. The molecular formula is C16H14N4OS. The van der Waals surface area contributed by atoms with Crippen LogP contribution in [0.1, 0.15) is 22.3 Å². The first-order valence-corrected chi connectivity index (χ1v) is 7.98. The molecule has 0 bridgehead atoms. The first-order chi connectivity index (χ1) is 10.7. The van der Waals surface area contributed by atoms with Crippen LogP contribution < -0.4 is 5.56 Å². The highest BCUT2D eigenvalue weighted by Gasteiger charge is 2.16. The fourth-order valence-electron chi connectivity index (χ4n) is 2.50. The number of benzene rings is 1. The van der Waals surface area contributed by atoms with Crippen LogP contribution in [0.15, 0.2) is 40.3 Å². The van der Waals surface area contributed by atoms with E-state index in [-0.39, 0.29) is 5.56 Å². The number of pyridine rings is 1. The second-order valence-electron chi connectivity index (χ2n) is 4.97. The zero-order valence-electron chi connectivity index (χ0n) is 12.3. The van der Waals surface area contributed by atoms with Crippen LogP contribution >= 0.6 is 11.8 Å². The van der Waals surface area contributed by atoms with Gasteiger partial charge in [0.15, 0.2) is 5.65 Å². The lowest BCUT2D eigenvalue weighted by Crippen LogP contribution is -2.22. The lowest BCUT2D eigenvalue weighted by Gasteiger charge is -2.08. The van der Waals surface area contributed by atoms with Crippen molar-refractivity contribution in [1.82, 2.24) is 14.6 Å². The van der Waals surface area contributed by atoms with Gasteiger partial charge in [0.25, 0.3) is 5.56 Å². The maximum absolute atomic E-state index is 12.6. The van der Waals surface area contributed by atoms with Gasteiger partial charge in [0.1, 0.15) is 18.0 Å². The Morgan fingerprint density at radius 1 is 1.36 bits per heavy atom. The van der Waals surface area contributed by atoms with E-state index in [1.54, 1.807) is 18.7 Å². The minimum atomic E-state index is -0.155. The molecule has 0 amide bonds. The van der Waals surface area contributed by atoms with E-state index in [2.05, 4.69) is 16.2 Å². The van der Waals surface area contributed by atoms with Gasteiger partial charge in [0.2, 0.25) is 0 Å². The highest BCUT2D eigenvalue weighted by atomic mass is 32.2. The maximum atomic E-state index is 12.6. The normalized spacial score (nSPS) is 10.8. The molecule has 6 heteroatoms. The van der Waals surface area contributed by atoms with E-state index < -0.39 is 0 Å². The Bertz CT molecular complexity index is 932. The van der Waals surface area contributed by atoms with Crippen LogP contribution in [0.25, 0.3) is 5.65 Å². The standard InChI is InChI=1S/C16H14N4OS/c1-10-13(7-11-3-5-12(22-2)6-4-11)16(21)20-15(14(10)8-17)18-9-19-20/h3-6,9H,7H2,1-2H3,(H,18,19). The van der Waals surface area contributed by atoms with Crippen LogP contribution in [-0.2, 0) is 6.42 Å². The molecule has 0 saturated heterocycles. The molecule has 5 nitrogen and oxygen atoms in total. The molecule has 110 valence electrons. The van der Waals surface area contributed by atoms with E-state index in [4.69, 9.17) is 0 Å². The average molecular weight is 310 g/mol. The third-order valence-corrected chi connectivity index (χ3v) is 4.49. The highest BCUT2D eigenvalue weighted by Crippen LogP contribution is 2.19. The predicted molar refractivity (Wildman–Crippen MR) is 86.3 cm³/mol. The van der Waals surface area contributed by atoms with Crippen LogP contribution in [0.3, 0.4) is 0 Å². The molecule has 3 rings (SSSR count). The number of nitriles is 1. The Morgan fingerprint density at radius 2 is 2.09 bits per heavy atom. The summed E-state index contributed by atoms with van der Waals surface area (Å²) >= 11 is 1.68. The highest BCUT2D eigenvalue weighted by molar-refractivity contribution is 7.98. The van der Waals surface area contributed by atoms with Crippen molar-refractivity contribution in [2.24, 2.45) is 0 Å². The van der Waals surface area contributed by atoms with Gasteiger partial charge in [-0.15, -0.1) is 11.8 Å². The number of H-pyrrole nitrogens is 1. The average Bonchev–Trinajstić information content (AvgIpc) is 3.02. The summed E-state index contributed by atoms with van der Waals surface area (Å²) in [7, 11) is 0. The third kappa shape index (κ3) is 2.30. The Balaban J connectivity index is 2.14. The molecule has 2 aromatic heterocycles. The summed E-state index contributed by atoms with van der Waals surface area (Å²) in [6.07, 6.45) is 3.95. The van der Waals surface area contributed by atoms with Crippen molar-refractivity contribution in [3.05, 3.63) is 63.2 Å². The molecule has 0 spiro atoms.